The Morgan fingerprint density at radius 3 is 2.77 bits per heavy atom. The minimum absolute atomic E-state index is 0.131. The summed E-state index contributed by atoms with van der Waals surface area (Å²) in [6.07, 6.45) is 2.46. The zero-order valence-corrected chi connectivity index (χ0v) is 16.7. The first-order valence-corrected chi connectivity index (χ1v) is 9.68. The average Bonchev–Trinajstić information content (AvgIpc) is 3.23. The molecule has 1 aliphatic carbocycles. The second-order valence-corrected chi connectivity index (χ2v) is 7.05. The number of carbonyl (C=O) groups is 2. The number of nitrogens with zero attached hydrogens (tertiary/aromatic N) is 2. The molecule has 0 radical (unpaired) electrons. The van der Waals surface area contributed by atoms with Crippen LogP contribution in [0.5, 0.6) is 5.75 Å². The van der Waals surface area contributed by atoms with Crippen molar-refractivity contribution in [2.45, 2.75) is 19.3 Å². The highest BCUT2D eigenvalue weighted by Gasteiger charge is 2.25. The number of fused-ring (bicyclic) bond motifs is 2. The third kappa shape index (κ3) is 4.02. The molecule has 0 bridgehead atoms. The number of nitro groups is 1. The van der Waals surface area contributed by atoms with Gasteiger partial charge in [0.25, 0.3) is 11.6 Å². The van der Waals surface area contributed by atoms with E-state index in [9.17, 15) is 19.7 Å². The van der Waals surface area contributed by atoms with E-state index in [0.717, 1.165) is 36.0 Å². The molecule has 1 aliphatic rings. The monoisotopic (exact) mass is 421 g/mol. The molecule has 3 aromatic rings. The fourth-order valence-electron chi connectivity index (χ4n) is 3.73. The van der Waals surface area contributed by atoms with Gasteiger partial charge in [-0.3, -0.25) is 19.9 Å². The van der Waals surface area contributed by atoms with E-state index in [2.05, 4.69) is 10.3 Å². The number of aromatic nitrogens is 1. The van der Waals surface area contributed by atoms with E-state index in [0.29, 0.717) is 10.9 Å². The normalized spacial score (nSPS) is 12.3. The smallest absolute Gasteiger partial charge is 0.339 e. The summed E-state index contributed by atoms with van der Waals surface area (Å²) in [4.78, 5) is 40.2. The van der Waals surface area contributed by atoms with Gasteiger partial charge in [0.2, 0.25) is 0 Å². The summed E-state index contributed by atoms with van der Waals surface area (Å²) in [5, 5.41) is 14.1. The summed E-state index contributed by atoms with van der Waals surface area (Å²) < 4.78 is 10.4. The van der Waals surface area contributed by atoms with Gasteiger partial charge in [0.05, 0.1) is 34.9 Å². The van der Waals surface area contributed by atoms with Gasteiger partial charge in [0, 0.05) is 17.1 Å². The molecule has 0 spiro atoms. The molecule has 1 aromatic heterocycles. The Kier molecular flexibility index (Phi) is 5.48. The van der Waals surface area contributed by atoms with Gasteiger partial charge in [-0.2, -0.15) is 0 Å². The summed E-state index contributed by atoms with van der Waals surface area (Å²) in [5.74, 6) is -1.04. The van der Waals surface area contributed by atoms with Crippen molar-refractivity contribution in [2.75, 3.05) is 19.0 Å². The van der Waals surface area contributed by atoms with E-state index in [4.69, 9.17) is 9.47 Å². The summed E-state index contributed by atoms with van der Waals surface area (Å²) in [7, 11) is 1.34. The Balaban J connectivity index is 1.50. The van der Waals surface area contributed by atoms with Crippen molar-refractivity contribution >= 4 is 34.2 Å². The molecule has 0 saturated carbocycles. The second-order valence-electron chi connectivity index (χ2n) is 7.05. The highest BCUT2D eigenvalue weighted by molar-refractivity contribution is 6.06. The highest BCUT2D eigenvalue weighted by atomic mass is 16.6. The molecule has 0 atom stereocenters. The lowest BCUT2D eigenvalue weighted by atomic mass is 10.0. The Hall–Kier alpha value is -4.01. The zero-order valence-electron chi connectivity index (χ0n) is 16.7. The van der Waals surface area contributed by atoms with E-state index >= 15 is 0 Å². The van der Waals surface area contributed by atoms with Gasteiger partial charge in [-0.1, -0.05) is 18.2 Å². The van der Waals surface area contributed by atoms with Crippen molar-refractivity contribution in [1.29, 1.82) is 0 Å². The Morgan fingerprint density at radius 2 is 2.00 bits per heavy atom. The predicted octanol–water partition coefficient (Wildman–Crippen LogP) is 3.44. The molecule has 1 amide bonds. The molecule has 0 unspecified atom stereocenters. The molecule has 0 fully saturated rings. The average molecular weight is 421 g/mol. The number of nitro benzene ring substituents is 1. The van der Waals surface area contributed by atoms with Crippen molar-refractivity contribution in [2.24, 2.45) is 0 Å². The molecular weight excluding hydrogens is 402 g/mol. The van der Waals surface area contributed by atoms with E-state index in [1.54, 1.807) is 0 Å². The summed E-state index contributed by atoms with van der Waals surface area (Å²) >= 11 is 0. The van der Waals surface area contributed by atoms with Crippen molar-refractivity contribution in [1.82, 2.24) is 4.98 Å². The molecule has 31 heavy (non-hydrogen) atoms. The summed E-state index contributed by atoms with van der Waals surface area (Å²) in [6, 6.07) is 11.2. The first-order valence-electron chi connectivity index (χ1n) is 9.68. The highest BCUT2D eigenvalue weighted by Crippen LogP contribution is 2.31. The summed E-state index contributed by atoms with van der Waals surface area (Å²) in [6.45, 7) is -0.510. The molecule has 9 heteroatoms. The van der Waals surface area contributed by atoms with Crippen LogP contribution in [0.1, 0.15) is 28.0 Å². The number of pyridine rings is 1. The van der Waals surface area contributed by atoms with Gasteiger partial charge >= 0.3 is 5.97 Å². The van der Waals surface area contributed by atoms with Gasteiger partial charge in [0.1, 0.15) is 5.75 Å². The predicted molar refractivity (Wildman–Crippen MR) is 112 cm³/mol. The minimum Gasteiger partial charge on any atom is -0.494 e. The third-order valence-electron chi connectivity index (χ3n) is 5.13. The number of methoxy groups -OCH3 is 1. The van der Waals surface area contributed by atoms with Crippen LogP contribution in [0.3, 0.4) is 0 Å². The van der Waals surface area contributed by atoms with Crippen LogP contribution >= 0.6 is 0 Å². The summed E-state index contributed by atoms with van der Waals surface area (Å²) in [5.41, 5.74) is 3.02. The van der Waals surface area contributed by atoms with Crippen LogP contribution in [0.25, 0.3) is 10.9 Å². The molecule has 1 N–H and O–H groups in total. The molecule has 9 nitrogen and oxygen atoms in total. The topological polar surface area (TPSA) is 121 Å². The maximum absolute atomic E-state index is 12.9. The van der Waals surface area contributed by atoms with Crippen LogP contribution < -0.4 is 10.1 Å². The fraction of sp³-hybridized carbons (Fsp3) is 0.227. The van der Waals surface area contributed by atoms with Crippen molar-refractivity contribution in [3.63, 3.8) is 0 Å². The van der Waals surface area contributed by atoms with Crippen molar-refractivity contribution in [3.8, 4) is 5.75 Å². The van der Waals surface area contributed by atoms with E-state index in [1.807, 2.05) is 24.3 Å². The van der Waals surface area contributed by atoms with E-state index in [-0.39, 0.29) is 17.1 Å². The number of anilines is 1. The van der Waals surface area contributed by atoms with Crippen molar-refractivity contribution in [3.05, 3.63) is 69.4 Å². The first kappa shape index (κ1) is 20.3. The second kappa shape index (κ2) is 8.39. The molecule has 1 heterocycles. The number of para-hydroxylation sites is 1. The van der Waals surface area contributed by atoms with Gasteiger partial charge in [-0.05, 0) is 37.0 Å². The van der Waals surface area contributed by atoms with Crippen LogP contribution in [0, 0.1) is 10.1 Å². The standard InChI is InChI=1S/C22H19N3O6/c1-30-19-11-13(25(28)29)9-10-18(19)24-20(26)12-31-22(27)21-14-5-2-3-7-16(14)23-17-8-4-6-15(17)21/h2-3,5,7,9-11H,4,6,8,12H2,1H3,(H,24,26). The number of benzene rings is 2. The van der Waals surface area contributed by atoms with Crippen LogP contribution in [0.2, 0.25) is 0 Å². The van der Waals surface area contributed by atoms with E-state index < -0.39 is 23.4 Å². The van der Waals surface area contributed by atoms with Crippen LogP contribution in [-0.4, -0.2) is 35.5 Å². The number of aryl methyl sites for hydroxylation is 1. The number of ether oxygens (including phenoxy) is 2. The SMILES string of the molecule is COc1cc([N+](=O)[O-])ccc1NC(=O)COC(=O)c1c2c(nc3ccccc13)CCC2. The molecule has 158 valence electrons. The number of rotatable bonds is 6. The third-order valence-corrected chi connectivity index (χ3v) is 5.13. The molecular formula is C22H19N3O6. The van der Waals surface area contributed by atoms with Gasteiger partial charge in [-0.25, -0.2) is 4.79 Å². The molecule has 2 aromatic carbocycles. The van der Waals surface area contributed by atoms with Crippen molar-refractivity contribution < 1.29 is 24.0 Å². The largest absolute Gasteiger partial charge is 0.494 e. The number of hydrogen-bond acceptors (Lipinski definition) is 7. The lowest BCUT2D eigenvalue weighted by Gasteiger charge is -2.13. The lowest BCUT2D eigenvalue weighted by molar-refractivity contribution is -0.384. The van der Waals surface area contributed by atoms with Crippen LogP contribution in [-0.2, 0) is 22.4 Å². The van der Waals surface area contributed by atoms with Crippen LogP contribution in [0.15, 0.2) is 42.5 Å². The zero-order chi connectivity index (χ0) is 22.0. The minimum atomic E-state index is -0.587. The maximum atomic E-state index is 12.9. The lowest BCUT2D eigenvalue weighted by Crippen LogP contribution is -2.22. The van der Waals surface area contributed by atoms with E-state index in [1.165, 1.54) is 25.3 Å². The molecule has 0 aliphatic heterocycles. The fourth-order valence-corrected chi connectivity index (χ4v) is 3.73. The Morgan fingerprint density at radius 1 is 1.19 bits per heavy atom. The number of nitrogens with one attached hydrogen (secondary N) is 1. The number of esters is 1. The molecule has 0 saturated heterocycles. The molecule has 4 rings (SSSR count). The Labute approximate surface area is 177 Å². The van der Waals surface area contributed by atoms with Gasteiger partial charge in [-0.15, -0.1) is 0 Å². The van der Waals surface area contributed by atoms with Gasteiger partial charge in [0.15, 0.2) is 6.61 Å². The number of carbonyl (C=O) groups excluding carboxylic acids is 2. The Bertz CT molecular complexity index is 1210. The van der Waals surface area contributed by atoms with Crippen LogP contribution in [0.4, 0.5) is 11.4 Å². The number of non-ortho nitro benzene ring substituents is 1. The number of hydrogen-bond donors (Lipinski definition) is 1. The van der Waals surface area contributed by atoms with Gasteiger partial charge < -0.3 is 14.8 Å². The first-order chi connectivity index (χ1) is 15.0. The quantitative estimate of drug-likeness (QED) is 0.368. The number of amides is 1. The maximum Gasteiger partial charge on any atom is 0.339 e.